The van der Waals surface area contributed by atoms with Gasteiger partial charge in [0.2, 0.25) is 5.91 Å². The van der Waals surface area contributed by atoms with Crippen LogP contribution in [0.1, 0.15) is 37.5 Å². The molecule has 0 radical (unpaired) electrons. The van der Waals surface area contributed by atoms with Crippen molar-refractivity contribution in [2.45, 2.75) is 32.7 Å². The van der Waals surface area contributed by atoms with Gasteiger partial charge < -0.3 is 15.1 Å². The number of anilines is 1. The van der Waals surface area contributed by atoms with E-state index in [9.17, 15) is 4.79 Å². The average molecular weight is 392 g/mol. The minimum Gasteiger partial charge on any atom is -0.369 e. The molecular weight excluding hydrogens is 358 g/mol. The maximum absolute atomic E-state index is 12.2. The van der Waals surface area contributed by atoms with Gasteiger partial charge in [-0.3, -0.25) is 4.79 Å². The third-order valence-electron chi connectivity index (χ3n) is 5.48. The summed E-state index contributed by atoms with van der Waals surface area (Å²) in [6, 6.07) is 16.9. The highest BCUT2D eigenvalue weighted by atomic mass is 16.1. The van der Waals surface area contributed by atoms with Gasteiger partial charge in [0.15, 0.2) is 0 Å². The lowest BCUT2D eigenvalue weighted by Gasteiger charge is -2.34. The van der Waals surface area contributed by atoms with Crippen molar-refractivity contribution in [1.82, 2.24) is 10.2 Å². The van der Waals surface area contributed by atoms with Gasteiger partial charge in [-0.15, -0.1) is 0 Å². The molecule has 0 aromatic heterocycles. The average Bonchev–Trinajstić information content (AvgIpc) is 2.71. The molecule has 0 spiro atoms. The van der Waals surface area contributed by atoms with Gasteiger partial charge in [0.1, 0.15) is 0 Å². The van der Waals surface area contributed by atoms with Crippen LogP contribution in [0.25, 0.3) is 6.08 Å². The SMILES string of the molecule is CN1CCN(c2ccc(CNC(=O)/C=C/c3ccc(C(C)(C)C)cc3)cc2)CC1. The number of likely N-dealkylation sites (N-methyl/N-ethyl adjacent to an activating group) is 1. The molecule has 0 saturated carbocycles. The Morgan fingerprint density at radius 2 is 1.59 bits per heavy atom. The monoisotopic (exact) mass is 391 g/mol. The Hall–Kier alpha value is -2.59. The quantitative estimate of drug-likeness (QED) is 0.781. The van der Waals surface area contributed by atoms with E-state index in [2.05, 4.69) is 91.5 Å². The lowest BCUT2D eigenvalue weighted by molar-refractivity contribution is -0.116. The van der Waals surface area contributed by atoms with Crippen LogP contribution in [0.15, 0.2) is 54.6 Å². The predicted molar refractivity (Wildman–Crippen MR) is 122 cm³/mol. The second-order valence-electron chi connectivity index (χ2n) is 8.88. The largest absolute Gasteiger partial charge is 0.369 e. The molecule has 1 fully saturated rings. The molecule has 29 heavy (non-hydrogen) atoms. The van der Waals surface area contributed by atoms with Gasteiger partial charge in [-0.25, -0.2) is 0 Å². The summed E-state index contributed by atoms with van der Waals surface area (Å²) in [4.78, 5) is 16.9. The van der Waals surface area contributed by atoms with E-state index in [1.165, 1.54) is 11.3 Å². The van der Waals surface area contributed by atoms with Crippen LogP contribution in [0.4, 0.5) is 5.69 Å². The highest BCUT2D eigenvalue weighted by Gasteiger charge is 2.14. The fraction of sp³-hybridized carbons (Fsp3) is 0.400. The first-order valence-electron chi connectivity index (χ1n) is 10.4. The molecule has 4 nitrogen and oxygen atoms in total. The molecule has 2 aromatic carbocycles. The molecular formula is C25H33N3O. The Labute approximate surface area is 175 Å². The maximum Gasteiger partial charge on any atom is 0.244 e. The fourth-order valence-corrected chi connectivity index (χ4v) is 3.40. The van der Waals surface area contributed by atoms with Crippen molar-refractivity contribution in [3.05, 3.63) is 71.3 Å². The molecule has 0 aliphatic carbocycles. The number of hydrogen-bond donors (Lipinski definition) is 1. The summed E-state index contributed by atoms with van der Waals surface area (Å²) in [5.74, 6) is -0.0759. The summed E-state index contributed by atoms with van der Waals surface area (Å²) in [6.45, 7) is 11.5. The number of piperazine rings is 1. The molecule has 154 valence electrons. The van der Waals surface area contributed by atoms with Crippen molar-refractivity contribution in [3.8, 4) is 0 Å². The molecule has 3 rings (SSSR count). The Kier molecular flexibility index (Phi) is 6.75. The first-order valence-corrected chi connectivity index (χ1v) is 10.4. The molecule has 1 aliphatic rings. The minimum absolute atomic E-state index is 0.0759. The Balaban J connectivity index is 1.48. The van der Waals surface area contributed by atoms with E-state index in [4.69, 9.17) is 0 Å². The van der Waals surface area contributed by atoms with Crippen molar-refractivity contribution < 1.29 is 4.79 Å². The predicted octanol–water partition coefficient (Wildman–Crippen LogP) is 4.07. The van der Waals surface area contributed by atoms with Gasteiger partial charge >= 0.3 is 0 Å². The zero-order valence-electron chi connectivity index (χ0n) is 18.1. The molecule has 2 aromatic rings. The molecule has 0 bridgehead atoms. The summed E-state index contributed by atoms with van der Waals surface area (Å²) < 4.78 is 0. The topological polar surface area (TPSA) is 35.6 Å². The van der Waals surface area contributed by atoms with Gasteiger partial charge in [0.05, 0.1) is 0 Å². The lowest BCUT2D eigenvalue weighted by atomic mass is 9.87. The van der Waals surface area contributed by atoms with Crippen LogP contribution in [0.2, 0.25) is 0 Å². The number of benzene rings is 2. The van der Waals surface area contributed by atoms with Crippen LogP contribution in [0.5, 0.6) is 0 Å². The van der Waals surface area contributed by atoms with E-state index >= 15 is 0 Å². The van der Waals surface area contributed by atoms with Crippen molar-refractivity contribution in [1.29, 1.82) is 0 Å². The summed E-state index contributed by atoms with van der Waals surface area (Å²) in [5, 5.41) is 2.96. The number of hydrogen-bond acceptors (Lipinski definition) is 3. The summed E-state index contributed by atoms with van der Waals surface area (Å²) in [6.07, 6.45) is 3.46. The van der Waals surface area contributed by atoms with Crippen LogP contribution in [0, 0.1) is 0 Å². The second kappa shape index (κ2) is 9.27. The zero-order valence-corrected chi connectivity index (χ0v) is 18.1. The molecule has 0 atom stereocenters. The van der Waals surface area contributed by atoms with E-state index in [1.54, 1.807) is 6.08 Å². The summed E-state index contributed by atoms with van der Waals surface area (Å²) in [7, 11) is 2.17. The zero-order chi connectivity index (χ0) is 20.9. The van der Waals surface area contributed by atoms with Crippen molar-refractivity contribution in [2.75, 3.05) is 38.1 Å². The second-order valence-corrected chi connectivity index (χ2v) is 8.88. The summed E-state index contributed by atoms with van der Waals surface area (Å²) >= 11 is 0. The van der Waals surface area contributed by atoms with Gasteiger partial charge in [0, 0.05) is 44.5 Å². The molecule has 1 saturated heterocycles. The van der Waals surface area contributed by atoms with E-state index in [-0.39, 0.29) is 11.3 Å². The number of amides is 1. The van der Waals surface area contributed by atoms with Crippen LogP contribution in [-0.4, -0.2) is 44.0 Å². The Morgan fingerprint density at radius 3 is 2.17 bits per heavy atom. The van der Waals surface area contributed by atoms with Crippen molar-refractivity contribution in [3.63, 3.8) is 0 Å². The molecule has 1 N–H and O–H groups in total. The van der Waals surface area contributed by atoms with Crippen molar-refractivity contribution in [2.24, 2.45) is 0 Å². The van der Waals surface area contributed by atoms with Crippen LogP contribution < -0.4 is 10.2 Å². The van der Waals surface area contributed by atoms with Crippen LogP contribution >= 0.6 is 0 Å². The maximum atomic E-state index is 12.2. The first kappa shape index (κ1) is 21.1. The molecule has 0 unspecified atom stereocenters. The number of rotatable bonds is 5. The minimum atomic E-state index is -0.0759. The van der Waals surface area contributed by atoms with Gasteiger partial charge in [0.25, 0.3) is 0 Å². The number of carbonyl (C=O) groups excluding carboxylic acids is 1. The third kappa shape index (κ3) is 6.20. The number of nitrogens with one attached hydrogen (secondary N) is 1. The highest BCUT2D eigenvalue weighted by Crippen LogP contribution is 2.22. The van der Waals surface area contributed by atoms with E-state index < -0.39 is 0 Å². The van der Waals surface area contributed by atoms with Crippen LogP contribution in [-0.2, 0) is 16.8 Å². The fourth-order valence-electron chi connectivity index (χ4n) is 3.40. The molecule has 1 aliphatic heterocycles. The van der Waals surface area contributed by atoms with Gasteiger partial charge in [-0.1, -0.05) is 57.2 Å². The van der Waals surface area contributed by atoms with Crippen LogP contribution in [0.3, 0.4) is 0 Å². The standard InChI is InChI=1S/C25H33N3O/c1-25(2,3)22-10-5-20(6-11-22)9-14-24(29)26-19-21-7-12-23(13-8-21)28-17-15-27(4)16-18-28/h5-14H,15-19H2,1-4H3,(H,26,29)/b14-9+. The smallest absolute Gasteiger partial charge is 0.244 e. The lowest BCUT2D eigenvalue weighted by Crippen LogP contribution is -2.44. The normalized spacial score (nSPS) is 15.7. The number of nitrogens with zero attached hydrogens (tertiary/aromatic N) is 2. The third-order valence-corrected chi connectivity index (χ3v) is 5.48. The van der Waals surface area contributed by atoms with E-state index in [0.29, 0.717) is 6.54 Å². The Morgan fingerprint density at radius 1 is 0.966 bits per heavy atom. The first-order chi connectivity index (χ1) is 13.8. The molecule has 1 amide bonds. The molecule has 4 heteroatoms. The Bertz CT molecular complexity index is 824. The van der Waals surface area contributed by atoms with Crippen molar-refractivity contribution >= 4 is 17.7 Å². The summed E-state index contributed by atoms with van der Waals surface area (Å²) in [5.41, 5.74) is 4.83. The van der Waals surface area contributed by atoms with Gasteiger partial charge in [-0.05, 0) is 47.4 Å². The molecule has 1 heterocycles. The highest BCUT2D eigenvalue weighted by molar-refractivity contribution is 5.91. The number of carbonyl (C=O) groups is 1. The van der Waals surface area contributed by atoms with Gasteiger partial charge in [-0.2, -0.15) is 0 Å². The van der Waals surface area contributed by atoms with E-state index in [1.807, 2.05) is 6.08 Å². The van der Waals surface area contributed by atoms with E-state index in [0.717, 1.165) is 37.3 Å².